The van der Waals surface area contributed by atoms with Gasteiger partial charge in [-0.2, -0.15) is 13.2 Å². The van der Waals surface area contributed by atoms with Gasteiger partial charge in [0.1, 0.15) is 12.4 Å². The number of rotatable bonds is 5. The van der Waals surface area contributed by atoms with Crippen LogP contribution in [-0.2, 0) is 6.54 Å². The van der Waals surface area contributed by atoms with Crippen LogP contribution in [0.15, 0.2) is 12.3 Å². The fourth-order valence-electron chi connectivity index (χ4n) is 1.48. The van der Waals surface area contributed by atoms with Gasteiger partial charge in [-0.05, 0) is 11.6 Å². The third-order valence-corrected chi connectivity index (χ3v) is 2.77. The van der Waals surface area contributed by atoms with Gasteiger partial charge >= 0.3 is 6.18 Å². The monoisotopic (exact) mass is 295 g/mol. The Morgan fingerprint density at radius 1 is 1.42 bits per heavy atom. The number of nitrogens with zero attached hydrogens (tertiary/aromatic N) is 2. The normalized spacial score (nSPS) is 12.0. The van der Waals surface area contributed by atoms with Gasteiger partial charge in [-0.1, -0.05) is 25.4 Å². The van der Waals surface area contributed by atoms with Crippen molar-refractivity contribution in [2.75, 3.05) is 18.5 Å². The number of nitrogens with one attached hydrogen (secondary N) is 1. The molecule has 1 rings (SSSR count). The van der Waals surface area contributed by atoms with Crippen LogP contribution in [0.3, 0.4) is 0 Å². The van der Waals surface area contributed by atoms with Crippen molar-refractivity contribution in [2.24, 2.45) is 0 Å². The molecule has 0 bridgehead atoms. The number of anilines is 1. The quantitative estimate of drug-likeness (QED) is 0.904. The molecular formula is C12H17ClF3N3. The minimum absolute atomic E-state index is 0.252. The molecule has 19 heavy (non-hydrogen) atoms. The van der Waals surface area contributed by atoms with Crippen molar-refractivity contribution in [2.45, 2.75) is 32.6 Å². The van der Waals surface area contributed by atoms with Crippen molar-refractivity contribution in [1.82, 2.24) is 10.3 Å². The molecule has 0 amide bonds. The SMILES string of the molecule is CC(C)NCc1cc(N(C)CC(F)(F)F)ncc1Cl. The molecule has 0 fully saturated rings. The average Bonchev–Trinajstić information content (AvgIpc) is 2.25. The van der Waals surface area contributed by atoms with Crippen LogP contribution in [0, 0.1) is 0 Å². The summed E-state index contributed by atoms with van der Waals surface area (Å²) in [5, 5.41) is 3.61. The predicted octanol–water partition coefficient (Wildman–Crippen LogP) is 3.23. The summed E-state index contributed by atoms with van der Waals surface area (Å²) >= 11 is 5.97. The van der Waals surface area contributed by atoms with E-state index < -0.39 is 12.7 Å². The van der Waals surface area contributed by atoms with Crippen LogP contribution in [0.2, 0.25) is 5.02 Å². The van der Waals surface area contributed by atoms with Crippen LogP contribution in [-0.4, -0.2) is 30.8 Å². The summed E-state index contributed by atoms with van der Waals surface area (Å²) in [6, 6.07) is 1.84. The highest BCUT2D eigenvalue weighted by Gasteiger charge is 2.29. The Morgan fingerprint density at radius 2 is 2.05 bits per heavy atom. The highest BCUT2D eigenvalue weighted by Crippen LogP contribution is 2.23. The van der Waals surface area contributed by atoms with E-state index in [9.17, 15) is 13.2 Å². The third-order valence-electron chi connectivity index (χ3n) is 2.43. The van der Waals surface area contributed by atoms with Gasteiger partial charge in [-0.25, -0.2) is 4.98 Å². The lowest BCUT2D eigenvalue weighted by Crippen LogP contribution is -2.31. The Hall–Kier alpha value is -1.01. The first kappa shape index (κ1) is 16.0. The summed E-state index contributed by atoms with van der Waals surface area (Å²) in [6.07, 6.45) is -2.88. The zero-order valence-corrected chi connectivity index (χ0v) is 11.8. The highest BCUT2D eigenvalue weighted by atomic mass is 35.5. The van der Waals surface area contributed by atoms with E-state index in [0.717, 1.165) is 10.5 Å². The van der Waals surface area contributed by atoms with Crippen LogP contribution >= 0.6 is 11.6 Å². The Bertz CT molecular complexity index is 421. The fraction of sp³-hybridized carbons (Fsp3) is 0.583. The van der Waals surface area contributed by atoms with Crippen molar-refractivity contribution in [1.29, 1.82) is 0 Å². The molecule has 3 nitrogen and oxygen atoms in total. The molecule has 0 saturated heterocycles. The van der Waals surface area contributed by atoms with Gasteiger partial charge in [0.25, 0.3) is 0 Å². The molecule has 1 N–H and O–H groups in total. The smallest absolute Gasteiger partial charge is 0.351 e. The Morgan fingerprint density at radius 3 is 2.58 bits per heavy atom. The summed E-state index contributed by atoms with van der Waals surface area (Å²) < 4.78 is 37.0. The molecule has 0 aliphatic carbocycles. The van der Waals surface area contributed by atoms with E-state index in [4.69, 9.17) is 11.6 Å². The predicted molar refractivity (Wildman–Crippen MR) is 70.5 cm³/mol. The molecule has 1 heterocycles. The lowest BCUT2D eigenvalue weighted by molar-refractivity contribution is -0.119. The van der Waals surface area contributed by atoms with Crippen LogP contribution in [0.25, 0.3) is 0 Å². The summed E-state index contributed by atoms with van der Waals surface area (Å²) in [7, 11) is 1.35. The zero-order chi connectivity index (χ0) is 14.6. The lowest BCUT2D eigenvalue weighted by atomic mass is 10.2. The summed E-state index contributed by atoms with van der Waals surface area (Å²) in [5.41, 5.74) is 0.731. The molecule has 0 spiro atoms. The molecule has 1 aromatic heterocycles. The largest absolute Gasteiger partial charge is 0.405 e. The summed E-state index contributed by atoms with van der Waals surface area (Å²) in [4.78, 5) is 4.97. The van der Waals surface area contributed by atoms with Crippen molar-refractivity contribution < 1.29 is 13.2 Å². The maximum absolute atomic E-state index is 12.3. The lowest BCUT2D eigenvalue weighted by Gasteiger charge is -2.21. The molecule has 0 saturated carbocycles. The molecule has 7 heteroatoms. The van der Waals surface area contributed by atoms with E-state index in [-0.39, 0.29) is 11.9 Å². The van der Waals surface area contributed by atoms with Crippen LogP contribution in [0.5, 0.6) is 0 Å². The van der Waals surface area contributed by atoms with E-state index in [1.54, 1.807) is 6.07 Å². The fourth-order valence-corrected chi connectivity index (χ4v) is 1.65. The second-order valence-electron chi connectivity index (χ2n) is 4.64. The second-order valence-corrected chi connectivity index (χ2v) is 5.05. The molecule has 0 atom stereocenters. The maximum atomic E-state index is 12.3. The minimum atomic E-state index is -4.26. The molecule has 108 valence electrons. The van der Waals surface area contributed by atoms with Crippen LogP contribution in [0.4, 0.5) is 19.0 Å². The van der Waals surface area contributed by atoms with E-state index in [2.05, 4.69) is 10.3 Å². The number of hydrogen-bond donors (Lipinski definition) is 1. The van der Waals surface area contributed by atoms with Crippen molar-refractivity contribution in [3.8, 4) is 0 Å². The van der Waals surface area contributed by atoms with Gasteiger partial charge in [-0.15, -0.1) is 0 Å². The molecule has 0 aromatic carbocycles. The zero-order valence-electron chi connectivity index (χ0n) is 11.1. The number of aromatic nitrogens is 1. The Labute approximate surface area is 115 Å². The highest BCUT2D eigenvalue weighted by molar-refractivity contribution is 6.31. The van der Waals surface area contributed by atoms with E-state index in [0.29, 0.717) is 11.6 Å². The average molecular weight is 296 g/mol. The Balaban J connectivity index is 2.83. The maximum Gasteiger partial charge on any atom is 0.405 e. The standard InChI is InChI=1S/C12H17ClF3N3/c1-8(2)17-5-9-4-11(18-6-10(9)13)19(3)7-12(14,15)16/h4,6,8,17H,5,7H2,1-3H3. The van der Waals surface area contributed by atoms with Gasteiger partial charge in [0, 0.05) is 25.8 Å². The van der Waals surface area contributed by atoms with Gasteiger partial charge in [0.05, 0.1) is 5.02 Å². The number of alkyl halides is 3. The molecule has 0 unspecified atom stereocenters. The van der Waals surface area contributed by atoms with E-state index in [1.807, 2.05) is 13.8 Å². The summed E-state index contributed by atoms with van der Waals surface area (Å²) in [6.45, 7) is 3.40. The molecule has 1 aromatic rings. The van der Waals surface area contributed by atoms with Crippen LogP contribution < -0.4 is 10.2 Å². The van der Waals surface area contributed by atoms with Gasteiger partial charge in [-0.3, -0.25) is 0 Å². The van der Waals surface area contributed by atoms with E-state index in [1.165, 1.54) is 13.2 Å². The molecule has 0 radical (unpaired) electrons. The van der Waals surface area contributed by atoms with Gasteiger partial charge < -0.3 is 10.2 Å². The Kier molecular flexibility index (Phi) is 5.43. The third kappa shape index (κ3) is 5.65. The first-order valence-corrected chi connectivity index (χ1v) is 6.22. The molecule has 0 aliphatic rings. The van der Waals surface area contributed by atoms with Gasteiger partial charge in [0.15, 0.2) is 0 Å². The van der Waals surface area contributed by atoms with Crippen molar-refractivity contribution in [3.05, 3.63) is 22.8 Å². The number of hydrogen-bond acceptors (Lipinski definition) is 3. The van der Waals surface area contributed by atoms with Crippen molar-refractivity contribution >= 4 is 17.4 Å². The van der Waals surface area contributed by atoms with Crippen LogP contribution in [0.1, 0.15) is 19.4 Å². The summed E-state index contributed by atoms with van der Waals surface area (Å²) in [5.74, 6) is 0.252. The van der Waals surface area contributed by atoms with E-state index >= 15 is 0 Å². The second kappa shape index (κ2) is 6.43. The number of pyridine rings is 1. The first-order chi connectivity index (χ1) is 8.69. The van der Waals surface area contributed by atoms with Crippen molar-refractivity contribution in [3.63, 3.8) is 0 Å². The molecule has 0 aliphatic heterocycles. The minimum Gasteiger partial charge on any atom is -0.351 e. The van der Waals surface area contributed by atoms with Gasteiger partial charge in [0.2, 0.25) is 0 Å². The topological polar surface area (TPSA) is 28.2 Å². The number of halogens is 4. The first-order valence-electron chi connectivity index (χ1n) is 5.84. The molecular weight excluding hydrogens is 279 g/mol.